The smallest absolute Gasteiger partial charge is 0.339 e. The number of cyclic esters (lactones) is 1. The van der Waals surface area contributed by atoms with Crippen LogP contribution in [0.1, 0.15) is 27.0 Å². The molecule has 0 radical (unpaired) electrons. The highest BCUT2D eigenvalue weighted by atomic mass is 16.5. The minimum Gasteiger partial charge on any atom is -0.457 e. The molecule has 0 amide bonds. The van der Waals surface area contributed by atoms with E-state index >= 15 is 0 Å². The quantitative estimate of drug-likeness (QED) is 0.317. The first-order valence-electron chi connectivity index (χ1n) is 8.86. The largest absolute Gasteiger partial charge is 0.457 e. The fraction of sp³-hybridized carbons (Fsp3) is 0.125. The van der Waals surface area contributed by atoms with Gasteiger partial charge >= 0.3 is 5.97 Å². The Morgan fingerprint density at radius 1 is 0.769 bits per heavy atom. The minimum absolute atomic E-state index is 0.229. The van der Waals surface area contributed by atoms with Gasteiger partial charge in [0.15, 0.2) is 0 Å². The molecule has 4 aromatic carbocycles. The molecule has 0 atom stereocenters. The first-order valence-corrected chi connectivity index (χ1v) is 8.86. The second-order valence-corrected chi connectivity index (χ2v) is 7.01. The zero-order valence-corrected chi connectivity index (χ0v) is 14.8. The third kappa shape index (κ3) is 2.02. The van der Waals surface area contributed by atoms with Crippen LogP contribution in [0.4, 0.5) is 0 Å². The zero-order chi connectivity index (χ0) is 17.8. The molecule has 26 heavy (non-hydrogen) atoms. The number of aryl methyl sites for hydroxylation is 2. The van der Waals surface area contributed by atoms with Gasteiger partial charge in [-0.3, -0.25) is 0 Å². The van der Waals surface area contributed by atoms with E-state index in [1.165, 1.54) is 16.5 Å². The number of fused-ring (bicyclic) bond motifs is 2. The molecular formula is C24H18O2. The van der Waals surface area contributed by atoms with Gasteiger partial charge in [-0.25, -0.2) is 4.79 Å². The molecule has 0 fully saturated rings. The van der Waals surface area contributed by atoms with E-state index in [0.717, 1.165) is 32.8 Å². The van der Waals surface area contributed by atoms with Crippen molar-refractivity contribution in [2.75, 3.05) is 0 Å². The van der Waals surface area contributed by atoms with Crippen molar-refractivity contribution in [1.29, 1.82) is 0 Å². The van der Waals surface area contributed by atoms with Crippen LogP contribution in [-0.4, -0.2) is 5.97 Å². The Bertz CT molecular complexity index is 1200. The number of ether oxygens (including phenoxy) is 1. The van der Waals surface area contributed by atoms with Crippen molar-refractivity contribution in [2.24, 2.45) is 0 Å². The Hall–Kier alpha value is -3.13. The number of benzene rings is 4. The summed E-state index contributed by atoms with van der Waals surface area (Å²) in [6, 6.07) is 20.8. The SMILES string of the molecule is Cc1cc2c(-c3ccccc3)c3c4c(cccc4c2cc1C)COC3=O. The molecule has 0 aromatic heterocycles. The molecule has 4 aromatic rings. The molecule has 1 aliphatic rings. The van der Waals surface area contributed by atoms with Gasteiger partial charge in [-0.2, -0.15) is 0 Å². The highest BCUT2D eigenvalue weighted by Gasteiger charge is 2.27. The van der Waals surface area contributed by atoms with Crippen molar-refractivity contribution in [3.05, 3.63) is 82.9 Å². The molecule has 0 saturated carbocycles. The number of carbonyl (C=O) groups excluding carboxylic acids is 1. The fourth-order valence-electron chi connectivity index (χ4n) is 4.07. The summed E-state index contributed by atoms with van der Waals surface area (Å²) < 4.78 is 5.52. The molecule has 0 saturated heterocycles. The molecule has 0 aliphatic carbocycles. The van der Waals surface area contributed by atoms with Crippen molar-refractivity contribution in [3.8, 4) is 11.1 Å². The second kappa shape index (κ2) is 5.43. The molecule has 1 aliphatic heterocycles. The zero-order valence-electron chi connectivity index (χ0n) is 14.8. The van der Waals surface area contributed by atoms with E-state index in [1.807, 2.05) is 18.2 Å². The molecular weight excluding hydrogens is 320 g/mol. The van der Waals surface area contributed by atoms with Gasteiger partial charge in [0.05, 0.1) is 5.56 Å². The molecule has 1 heterocycles. The average molecular weight is 338 g/mol. The summed E-state index contributed by atoms with van der Waals surface area (Å²) >= 11 is 0. The first-order chi connectivity index (χ1) is 12.6. The minimum atomic E-state index is -0.229. The lowest BCUT2D eigenvalue weighted by Gasteiger charge is -2.23. The van der Waals surface area contributed by atoms with Crippen molar-refractivity contribution in [1.82, 2.24) is 0 Å². The van der Waals surface area contributed by atoms with Gasteiger partial charge in [0.25, 0.3) is 0 Å². The molecule has 0 bridgehead atoms. The van der Waals surface area contributed by atoms with Crippen LogP contribution in [0.25, 0.3) is 32.7 Å². The van der Waals surface area contributed by atoms with Gasteiger partial charge in [-0.15, -0.1) is 0 Å². The topological polar surface area (TPSA) is 26.3 Å². The third-order valence-corrected chi connectivity index (χ3v) is 5.47. The molecule has 0 unspecified atom stereocenters. The van der Waals surface area contributed by atoms with Crippen molar-refractivity contribution < 1.29 is 9.53 Å². The first kappa shape index (κ1) is 15.2. The van der Waals surface area contributed by atoms with Crippen molar-refractivity contribution >= 4 is 27.5 Å². The van der Waals surface area contributed by atoms with Crippen LogP contribution in [0.2, 0.25) is 0 Å². The fourth-order valence-corrected chi connectivity index (χ4v) is 4.07. The highest BCUT2D eigenvalue weighted by Crippen LogP contribution is 2.43. The molecule has 5 rings (SSSR count). The molecule has 2 heteroatoms. The van der Waals surface area contributed by atoms with Gasteiger partial charge in [0.1, 0.15) is 6.61 Å². The predicted molar refractivity (Wildman–Crippen MR) is 105 cm³/mol. The number of rotatable bonds is 1. The predicted octanol–water partition coefficient (Wildman–Crippen LogP) is 5.95. The molecule has 2 nitrogen and oxygen atoms in total. The van der Waals surface area contributed by atoms with E-state index in [-0.39, 0.29) is 5.97 Å². The molecule has 0 spiro atoms. The highest BCUT2D eigenvalue weighted by molar-refractivity contribution is 6.24. The van der Waals surface area contributed by atoms with Gasteiger partial charge in [0.2, 0.25) is 0 Å². The summed E-state index contributed by atoms with van der Waals surface area (Å²) in [4.78, 5) is 12.8. The van der Waals surface area contributed by atoms with Crippen molar-refractivity contribution in [3.63, 3.8) is 0 Å². The maximum absolute atomic E-state index is 12.8. The average Bonchev–Trinajstić information content (AvgIpc) is 2.66. The number of carbonyl (C=O) groups is 1. The van der Waals surface area contributed by atoms with Crippen LogP contribution in [-0.2, 0) is 11.3 Å². The Labute approximate surface area is 152 Å². The lowest BCUT2D eigenvalue weighted by Crippen LogP contribution is -2.14. The number of hydrogen-bond acceptors (Lipinski definition) is 2. The van der Waals surface area contributed by atoms with E-state index in [4.69, 9.17) is 4.74 Å². The van der Waals surface area contributed by atoms with E-state index in [0.29, 0.717) is 12.2 Å². The molecule has 126 valence electrons. The summed E-state index contributed by atoms with van der Waals surface area (Å²) in [6.07, 6.45) is 0. The van der Waals surface area contributed by atoms with Gasteiger partial charge in [-0.05, 0) is 52.3 Å². The third-order valence-electron chi connectivity index (χ3n) is 5.47. The Balaban J connectivity index is 2.10. The maximum atomic E-state index is 12.8. The Morgan fingerprint density at radius 3 is 2.27 bits per heavy atom. The van der Waals surface area contributed by atoms with E-state index < -0.39 is 0 Å². The standard InChI is InChI=1S/C24H18O2/c1-14-11-19-18-10-6-9-17-13-26-24(25)23(22(17)18)21(20(19)12-15(14)2)16-7-4-3-5-8-16/h3-12H,13H2,1-2H3. The summed E-state index contributed by atoms with van der Waals surface area (Å²) in [6.45, 7) is 4.60. The van der Waals surface area contributed by atoms with E-state index in [9.17, 15) is 4.79 Å². The summed E-state index contributed by atoms with van der Waals surface area (Å²) in [7, 11) is 0. The van der Waals surface area contributed by atoms with Crippen LogP contribution in [0.15, 0.2) is 60.7 Å². The van der Waals surface area contributed by atoms with E-state index in [2.05, 4.69) is 56.3 Å². The van der Waals surface area contributed by atoms with Gasteiger partial charge in [0, 0.05) is 10.9 Å². The summed E-state index contributed by atoms with van der Waals surface area (Å²) in [5, 5.41) is 4.48. The van der Waals surface area contributed by atoms with Crippen LogP contribution in [0.5, 0.6) is 0 Å². The maximum Gasteiger partial charge on any atom is 0.339 e. The normalized spacial score (nSPS) is 13.2. The molecule has 0 N–H and O–H groups in total. The second-order valence-electron chi connectivity index (χ2n) is 7.01. The number of esters is 1. The Morgan fingerprint density at radius 2 is 1.50 bits per heavy atom. The van der Waals surface area contributed by atoms with Gasteiger partial charge < -0.3 is 4.74 Å². The van der Waals surface area contributed by atoms with E-state index in [1.54, 1.807) is 0 Å². The summed E-state index contributed by atoms with van der Waals surface area (Å²) in [5.74, 6) is -0.229. The van der Waals surface area contributed by atoms with Gasteiger partial charge in [-0.1, -0.05) is 60.7 Å². The monoisotopic (exact) mass is 338 g/mol. The van der Waals surface area contributed by atoms with Crippen LogP contribution in [0.3, 0.4) is 0 Å². The lowest BCUT2D eigenvalue weighted by molar-refractivity contribution is 0.0464. The van der Waals surface area contributed by atoms with Crippen LogP contribution >= 0.6 is 0 Å². The lowest BCUT2D eigenvalue weighted by atomic mass is 9.84. The van der Waals surface area contributed by atoms with Crippen LogP contribution in [0, 0.1) is 13.8 Å². The summed E-state index contributed by atoms with van der Waals surface area (Å²) in [5.41, 5.74) is 6.29. The number of hydrogen-bond donors (Lipinski definition) is 0. The Kier molecular flexibility index (Phi) is 3.17. The van der Waals surface area contributed by atoms with Crippen molar-refractivity contribution in [2.45, 2.75) is 20.5 Å². The van der Waals surface area contributed by atoms with Crippen LogP contribution < -0.4 is 0 Å².